The average molecular weight is 482 g/mol. The molecule has 0 aliphatic carbocycles. The third-order valence-corrected chi connectivity index (χ3v) is 6.28. The van der Waals surface area contributed by atoms with Crippen LogP contribution in [0.25, 0.3) is 33.1 Å². The van der Waals surface area contributed by atoms with Crippen molar-refractivity contribution < 1.29 is 23.7 Å². The molecule has 5 aromatic rings. The van der Waals surface area contributed by atoms with E-state index in [-0.39, 0.29) is 12.7 Å². The van der Waals surface area contributed by atoms with Crippen LogP contribution in [-0.2, 0) is 6.54 Å². The number of rotatable bonds is 6. The van der Waals surface area contributed by atoms with E-state index in [2.05, 4.69) is 10.3 Å². The van der Waals surface area contributed by atoms with Gasteiger partial charge in [0, 0.05) is 34.5 Å². The van der Waals surface area contributed by atoms with Gasteiger partial charge in [-0.05, 0) is 42.0 Å². The van der Waals surface area contributed by atoms with E-state index in [4.69, 9.17) is 23.9 Å². The Labute approximate surface area is 206 Å². The zero-order chi connectivity index (χ0) is 24.6. The highest BCUT2D eigenvalue weighted by molar-refractivity contribution is 6.13. The van der Waals surface area contributed by atoms with Crippen LogP contribution in [-0.4, -0.2) is 36.9 Å². The summed E-state index contributed by atoms with van der Waals surface area (Å²) < 4.78 is 21.8. The maximum absolute atomic E-state index is 13.3. The van der Waals surface area contributed by atoms with Gasteiger partial charge in [-0.25, -0.2) is 4.98 Å². The van der Waals surface area contributed by atoms with Crippen molar-refractivity contribution >= 4 is 27.7 Å². The molecule has 0 fully saturated rings. The summed E-state index contributed by atoms with van der Waals surface area (Å²) in [5, 5.41) is 4.89. The van der Waals surface area contributed by atoms with Gasteiger partial charge in [0.25, 0.3) is 5.91 Å². The third kappa shape index (κ3) is 3.73. The number of nitrogens with one attached hydrogen (secondary N) is 2. The zero-order valence-electron chi connectivity index (χ0n) is 19.8. The first kappa shape index (κ1) is 21.8. The Morgan fingerprint density at radius 1 is 0.972 bits per heavy atom. The number of carbonyl (C=O) groups excluding carboxylic acids is 1. The summed E-state index contributed by atoms with van der Waals surface area (Å²) in [4.78, 5) is 21.6. The van der Waals surface area contributed by atoms with Crippen molar-refractivity contribution in [3.8, 4) is 34.3 Å². The van der Waals surface area contributed by atoms with Crippen LogP contribution in [0.4, 0.5) is 0 Å². The molecular formula is C28H23N3O5. The summed E-state index contributed by atoms with van der Waals surface area (Å²) in [5.41, 5.74) is 4.36. The number of aromatic nitrogens is 2. The van der Waals surface area contributed by atoms with Crippen molar-refractivity contribution in [2.45, 2.75) is 6.54 Å². The van der Waals surface area contributed by atoms with Gasteiger partial charge in [0.1, 0.15) is 17.2 Å². The van der Waals surface area contributed by atoms with Gasteiger partial charge in [-0.2, -0.15) is 0 Å². The highest BCUT2D eigenvalue weighted by Gasteiger charge is 2.20. The maximum atomic E-state index is 13.3. The summed E-state index contributed by atoms with van der Waals surface area (Å²) in [6.45, 7) is 0.529. The van der Waals surface area contributed by atoms with E-state index in [0.717, 1.165) is 32.9 Å². The normalized spacial score (nSPS) is 12.2. The number of benzene rings is 3. The molecular weight excluding hydrogens is 458 g/mol. The number of H-pyrrole nitrogens is 1. The van der Waals surface area contributed by atoms with Crippen LogP contribution in [0.15, 0.2) is 66.7 Å². The van der Waals surface area contributed by atoms with Crippen molar-refractivity contribution in [1.29, 1.82) is 0 Å². The van der Waals surface area contributed by atoms with Gasteiger partial charge in [-0.15, -0.1) is 0 Å². The minimum atomic E-state index is -0.284. The Kier molecular flexibility index (Phi) is 5.33. The van der Waals surface area contributed by atoms with E-state index in [9.17, 15) is 4.79 Å². The minimum Gasteiger partial charge on any atom is -0.497 e. The quantitative estimate of drug-likeness (QED) is 0.352. The molecule has 36 heavy (non-hydrogen) atoms. The molecule has 0 saturated heterocycles. The lowest BCUT2D eigenvalue weighted by Gasteiger charge is -2.13. The van der Waals surface area contributed by atoms with Gasteiger partial charge in [0.15, 0.2) is 11.5 Å². The van der Waals surface area contributed by atoms with Crippen LogP contribution in [0.1, 0.15) is 16.1 Å². The standard InChI is InChI=1S/C28H23N3O5/c1-33-17-8-9-19(24(12-17)34-2)26-27-20(18-5-3-4-6-21(18)30-27)13-22(31-26)28(32)29-14-16-7-10-23-25(11-16)36-15-35-23/h3-13,30H,14-15H2,1-2H3,(H,29,32). The number of hydrogen-bond acceptors (Lipinski definition) is 6. The summed E-state index contributed by atoms with van der Waals surface area (Å²) >= 11 is 0. The van der Waals surface area contributed by atoms with Crippen molar-refractivity contribution in [3.63, 3.8) is 0 Å². The number of fused-ring (bicyclic) bond motifs is 4. The molecule has 0 spiro atoms. The first-order valence-electron chi connectivity index (χ1n) is 11.4. The third-order valence-electron chi connectivity index (χ3n) is 6.28. The SMILES string of the molecule is COc1ccc(-c2nc(C(=O)NCc3ccc4c(c3)OCO4)cc3c2[nH]c2ccccc23)c(OC)c1. The largest absolute Gasteiger partial charge is 0.497 e. The lowest BCUT2D eigenvalue weighted by atomic mass is 10.0. The number of nitrogens with zero attached hydrogens (tertiary/aromatic N) is 1. The number of aromatic amines is 1. The molecule has 1 aliphatic heterocycles. The van der Waals surface area contributed by atoms with Gasteiger partial charge >= 0.3 is 0 Å². The number of amides is 1. The number of pyridine rings is 1. The topological polar surface area (TPSA) is 94.7 Å². The molecule has 0 unspecified atom stereocenters. The van der Waals surface area contributed by atoms with Gasteiger partial charge < -0.3 is 29.2 Å². The van der Waals surface area contributed by atoms with Crippen LogP contribution >= 0.6 is 0 Å². The van der Waals surface area contributed by atoms with Crippen molar-refractivity contribution in [3.05, 3.63) is 78.0 Å². The Hall–Kier alpha value is -4.72. The summed E-state index contributed by atoms with van der Waals surface area (Å²) in [6.07, 6.45) is 0. The fourth-order valence-corrected chi connectivity index (χ4v) is 4.47. The van der Waals surface area contributed by atoms with E-state index in [1.807, 2.05) is 60.7 Å². The smallest absolute Gasteiger partial charge is 0.270 e. The first-order valence-corrected chi connectivity index (χ1v) is 11.4. The van der Waals surface area contributed by atoms with Crippen LogP contribution in [0.2, 0.25) is 0 Å². The molecule has 1 amide bonds. The average Bonchev–Trinajstić information content (AvgIpc) is 3.55. The highest BCUT2D eigenvalue weighted by atomic mass is 16.7. The molecule has 6 rings (SSSR count). The molecule has 180 valence electrons. The lowest BCUT2D eigenvalue weighted by molar-refractivity contribution is 0.0946. The predicted molar refractivity (Wildman–Crippen MR) is 136 cm³/mol. The second-order valence-electron chi connectivity index (χ2n) is 8.39. The Morgan fingerprint density at radius 3 is 2.69 bits per heavy atom. The van der Waals surface area contributed by atoms with Crippen molar-refractivity contribution in [2.24, 2.45) is 0 Å². The molecule has 2 N–H and O–H groups in total. The number of hydrogen-bond donors (Lipinski definition) is 2. The first-order chi connectivity index (χ1) is 17.6. The summed E-state index contributed by atoms with van der Waals surface area (Å²) in [7, 11) is 3.20. The van der Waals surface area contributed by atoms with Crippen LogP contribution in [0.5, 0.6) is 23.0 Å². The number of methoxy groups -OCH3 is 2. The van der Waals surface area contributed by atoms with Gasteiger partial charge in [0.2, 0.25) is 6.79 Å². The second-order valence-corrected chi connectivity index (χ2v) is 8.39. The summed E-state index contributed by atoms with van der Waals surface area (Å²) in [5.74, 6) is 2.36. The van der Waals surface area contributed by atoms with Crippen LogP contribution in [0, 0.1) is 0 Å². The van der Waals surface area contributed by atoms with Crippen LogP contribution in [0.3, 0.4) is 0 Å². The van der Waals surface area contributed by atoms with Gasteiger partial charge in [0.05, 0.1) is 25.4 Å². The fourth-order valence-electron chi connectivity index (χ4n) is 4.47. The molecule has 0 saturated carbocycles. The van der Waals surface area contributed by atoms with Gasteiger partial charge in [-0.3, -0.25) is 4.79 Å². The van der Waals surface area contributed by atoms with E-state index in [1.54, 1.807) is 20.3 Å². The van der Waals surface area contributed by atoms with E-state index < -0.39 is 0 Å². The monoisotopic (exact) mass is 481 g/mol. The molecule has 2 aromatic heterocycles. The van der Waals surface area contributed by atoms with Crippen molar-refractivity contribution in [1.82, 2.24) is 15.3 Å². The highest BCUT2D eigenvalue weighted by Crippen LogP contribution is 2.38. The second kappa shape index (κ2) is 8.81. The number of ether oxygens (including phenoxy) is 4. The lowest BCUT2D eigenvalue weighted by Crippen LogP contribution is -2.24. The molecule has 8 nitrogen and oxygen atoms in total. The molecule has 0 radical (unpaired) electrons. The molecule has 3 heterocycles. The Bertz CT molecular complexity index is 1630. The zero-order valence-corrected chi connectivity index (χ0v) is 19.8. The minimum absolute atomic E-state index is 0.206. The van der Waals surface area contributed by atoms with E-state index in [0.29, 0.717) is 40.9 Å². The number of para-hydroxylation sites is 1. The number of carbonyl (C=O) groups is 1. The van der Waals surface area contributed by atoms with Crippen LogP contribution < -0.4 is 24.3 Å². The summed E-state index contributed by atoms with van der Waals surface area (Å²) in [6, 6.07) is 20.9. The molecule has 8 heteroatoms. The molecule has 1 aliphatic rings. The maximum Gasteiger partial charge on any atom is 0.270 e. The van der Waals surface area contributed by atoms with Gasteiger partial charge in [-0.1, -0.05) is 24.3 Å². The molecule has 0 atom stereocenters. The predicted octanol–water partition coefficient (Wildman–Crippen LogP) is 5.06. The van der Waals surface area contributed by atoms with Crippen molar-refractivity contribution in [2.75, 3.05) is 21.0 Å². The fraction of sp³-hybridized carbons (Fsp3) is 0.143. The van der Waals surface area contributed by atoms with E-state index >= 15 is 0 Å². The van der Waals surface area contributed by atoms with E-state index in [1.165, 1.54) is 0 Å². The Morgan fingerprint density at radius 2 is 1.83 bits per heavy atom. The molecule has 3 aromatic carbocycles. The molecule has 0 bridgehead atoms. The Balaban J connectivity index is 1.42.